The van der Waals surface area contributed by atoms with Crippen molar-refractivity contribution in [2.24, 2.45) is 0 Å². The van der Waals surface area contributed by atoms with Crippen LogP contribution in [0.1, 0.15) is 38.3 Å². The second-order valence-electron chi connectivity index (χ2n) is 4.91. The molecule has 1 aromatic carbocycles. The zero-order valence-corrected chi connectivity index (χ0v) is 13.8. The van der Waals surface area contributed by atoms with E-state index in [2.05, 4.69) is 10.2 Å². The highest BCUT2D eigenvalue weighted by Gasteiger charge is 2.20. The summed E-state index contributed by atoms with van der Waals surface area (Å²) in [6.07, 6.45) is 0.378. The summed E-state index contributed by atoms with van der Waals surface area (Å²) in [4.78, 5) is 11.5. The van der Waals surface area contributed by atoms with Gasteiger partial charge in [0.25, 0.3) is 0 Å². The van der Waals surface area contributed by atoms with Gasteiger partial charge in [-0.15, -0.1) is 22.0 Å². The lowest BCUT2D eigenvalue weighted by atomic mass is 10.2. The van der Waals surface area contributed by atoms with Crippen molar-refractivity contribution in [3.63, 3.8) is 0 Å². The van der Waals surface area contributed by atoms with E-state index in [0.717, 1.165) is 5.56 Å². The molecule has 1 aromatic heterocycles. The molecule has 1 heterocycles. The number of rotatable bonds is 7. The van der Waals surface area contributed by atoms with Crippen LogP contribution in [0.25, 0.3) is 11.5 Å². The van der Waals surface area contributed by atoms with Crippen LogP contribution in [0.5, 0.6) is 0 Å². The van der Waals surface area contributed by atoms with Crippen LogP contribution in [0.3, 0.4) is 0 Å². The Hall–Kier alpha value is -1.82. The van der Waals surface area contributed by atoms with Gasteiger partial charge in [0.1, 0.15) is 0 Å². The third-order valence-corrected chi connectivity index (χ3v) is 4.25. The molecule has 0 amide bonds. The molecule has 0 bridgehead atoms. The highest BCUT2D eigenvalue weighted by atomic mass is 32.2. The molecule has 0 N–H and O–H groups in total. The van der Waals surface area contributed by atoms with Gasteiger partial charge in [0, 0.05) is 10.8 Å². The van der Waals surface area contributed by atoms with Gasteiger partial charge in [-0.1, -0.05) is 25.1 Å². The summed E-state index contributed by atoms with van der Waals surface area (Å²) < 4.78 is 10.7. The predicted octanol–water partition coefficient (Wildman–Crippen LogP) is 3.87. The molecule has 0 saturated carbocycles. The fourth-order valence-electron chi connectivity index (χ4n) is 2.01. The Labute approximate surface area is 134 Å². The van der Waals surface area contributed by atoms with E-state index in [1.807, 2.05) is 51.1 Å². The van der Waals surface area contributed by atoms with E-state index >= 15 is 0 Å². The predicted molar refractivity (Wildman–Crippen MR) is 86.5 cm³/mol. The zero-order chi connectivity index (χ0) is 15.9. The van der Waals surface area contributed by atoms with Crippen molar-refractivity contribution in [1.29, 1.82) is 0 Å². The second-order valence-corrected chi connectivity index (χ2v) is 6.69. The van der Waals surface area contributed by atoms with Crippen LogP contribution in [0.4, 0.5) is 0 Å². The first-order valence-corrected chi connectivity index (χ1v) is 8.24. The van der Waals surface area contributed by atoms with Crippen molar-refractivity contribution in [3.05, 3.63) is 36.2 Å². The molecular formula is C16H20N2O3S. The van der Waals surface area contributed by atoms with Crippen LogP contribution < -0.4 is 0 Å². The quantitative estimate of drug-likeness (QED) is 0.721. The van der Waals surface area contributed by atoms with Crippen molar-refractivity contribution < 1.29 is 13.9 Å². The van der Waals surface area contributed by atoms with Crippen LogP contribution in [-0.4, -0.2) is 28.0 Å². The van der Waals surface area contributed by atoms with Gasteiger partial charge in [-0.05, 0) is 26.0 Å². The van der Waals surface area contributed by atoms with Gasteiger partial charge in [0.15, 0.2) is 0 Å². The molecule has 0 radical (unpaired) electrons. The standard InChI is InChI=1S/C16H20N2O3S/c1-4-20-14(19)10-11(2)22-12(3)15-17-18-16(21-15)13-8-6-5-7-9-13/h5-9,11-12H,4,10H2,1-3H3/t11-,12+/m0/s1. The van der Waals surface area contributed by atoms with Gasteiger partial charge >= 0.3 is 5.97 Å². The number of hydrogen-bond donors (Lipinski definition) is 0. The minimum Gasteiger partial charge on any atom is -0.466 e. The van der Waals surface area contributed by atoms with Gasteiger partial charge in [-0.25, -0.2) is 0 Å². The average Bonchev–Trinajstić information content (AvgIpc) is 2.98. The summed E-state index contributed by atoms with van der Waals surface area (Å²) in [7, 11) is 0. The zero-order valence-electron chi connectivity index (χ0n) is 13.0. The minimum atomic E-state index is -0.176. The Morgan fingerprint density at radius 3 is 2.68 bits per heavy atom. The largest absolute Gasteiger partial charge is 0.466 e. The third kappa shape index (κ3) is 4.59. The van der Waals surface area contributed by atoms with Crippen LogP contribution in [0, 0.1) is 0 Å². The van der Waals surface area contributed by atoms with E-state index in [1.54, 1.807) is 11.8 Å². The number of thioether (sulfide) groups is 1. The van der Waals surface area contributed by atoms with E-state index in [-0.39, 0.29) is 16.5 Å². The third-order valence-electron chi connectivity index (χ3n) is 3.01. The lowest BCUT2D eigenvalue weighted by Crippen LogP contribution is -2.11. The second kappa shape index (κ2) is 7.98. The molecule has 0 saturated heterocycles. The highest BCUT2D eigenvalue weighted by Crippen LogP contribution is 2.33. The first-order chi connectivity index (χ1) is 10.6. The van der Waals surface area contributed by atoms with Gasteiger partial charge in [0.05, 0.1) is 18.3 Å². The summed E-state index contributed by atoms with van der Waals surface area (Å²) in [6.45, 7) is 6.21. The van der Waals surface area contributed by atoms with Gasteiger partial charge < -0.3 is 9.15 Å². The number of hydrogen-bond acceptors (Lipinski definition) is 6. The monoisotopic (exact) mass is 320 g/mol. The van der Waals surface area contributed by atoms with Crippen molar-refractivity contribution in [1.82, 2.24) is 10.2 Å². The molecule has 2 rings (SSSR count). The van der Waals surface area contributed by atoms with E-state index in [1.165, 1.54) is 0 Å². The molecule has 2 aromatic rings. The lowest BCUT2D eigenvalue weighted by molar-refractivity contribution is -0.142. The number of aromatic nitrogens is 2. The Morgan fingerprint density at radius 1 is 1.27 bits per heavy atom. The fraction of sp³-hybridized carbons (Fsp3) is 0.438. The number of esters is 1. The molecular weight excluding hydrogens is 300 g/mol. The smallest absolute Gasteiger partial charge is 0.306 e. The van der Waals surface area contributed by atoms with E-state index in [0.29, 0.717) is 24.8 Å². The molecule has 0 aliphatic heterocycles. The van der Waals surface area contributed by atoms with E-state index < -0.39 is 0 Å². The molecule has 22 heavy (non-hydrogen) atoms. The molecule has 5 nitrogen and oxygen atoms in total. The number of carbonyl (C=O) groups excluding carboxylic acids is 1. The van der Waals surface area contributed by atoms with Crippen molar-refractivity contribution >= 4 is 17.7 Å². The molecule has 2 atom stereocenters. The molecule has 0 unspecified atom stereocenters. The van der Waals surface area contributed by atoms with Crippen molar-refractivity contribution in [3.8, 4) is 11.5 Å². The molecule has 118 valence electrons. The lowest BCUT2D eigenvalue weighted by Gasteiger charge is -2.13. The van der Waals surface area contributed by atoms with Crippen LogP contribution in [0.2, 0.25) is 0 Å². The summed E-state index contributed by atoms with van der Waals surface area (Å²) >= 11 is 1.62. The first-order valence-electron chi connectivity index (χ1n) is 7.30. The van der Waals surface area contributed by atoms with Gasteiger partial charge in [-0.2, -0.15) is 0 Å². The highest BCUT2D eigenvalue weighted by molar-refractivity contribution is 8.00. The summed E-state index contributed by atoms with van der Waals surface area (Å²) in [6, 6.07) is 9.66. The number of carbonyl (C=O) groups is 1. The SMILES string of the molecule is CCOC(=O)C[C@H](C)S[C@H](C)c1nnc(-c2ccccc2)o1. The Bertz CT molecular complexity index is 600. The maximum atomic E-state index is 11.5. The summed E-state index contributed by atoms with van der Waals surface area (Å²) in [5.74, 6) is 0.908. The fourth-order valence-corrected chi connectivity index (χ4v) is 3.15. The first kappa shape index (κ1) is 16.5. The Morgan fingerprint density at radius 2 is 2.00 bits per heavy atom. The Kier molecular flexibility index (Phi) is 6.00. The normalized spacial score (nSPS) is 13.6. The Balaban J connectivity index is 1.94. The maximum Gasteiger partial charge on any atom is 0.306 e. The summed E-state index contributed by atoms with van der Waals surface area (Å²) in [5.41, 5.74) is 0.901. The minimum absolute atomic E-state index is 0.0226. The van der Waals surface area contributed by atoms with Gasteiger partial charge in [0.2, 0.25) is 11.8 Å². The number of ether oxygens (including phenoxy) is 1. The molecule has 0 spiro atoms. The maximum absolute atomic E-state index is 11.5. The number of nitrogens with zero attached hydrogens (tertiary/aromatic N) is 2. The van der Waals surface area contributed by atoms with E-state index in [9.17, 15) is 4.79 Å². The van der Waals surface area contributed by atoms with Crippen molar-refractivity contribution in [2.45, 2.75) is 37.7 Å². The van der Waals surface area contributed by atoms with Crippen LogP contribution in [0.15, 0.2) is 34.7 Å². The average molecular weight is 320 g/mol. The van der Waals surface area contributed by atoms with Crippen LogP contribution in [-0.2, 0) is 9.53 Å². The van der Waals surface area contributed by atoms with E-state index in [4.69, 9.17) is 9.15 Å². The van der Waals surface area contributed by atoms with Gasteiger partial charge in [-0.3, -0.25) is 4.79 Å². The summed E-state index contributed by atoms with van der Waals surface area (Å²) in [5, 5.41) is 8.34. The number of benzene rings is 1. The molecule has 0 aliphatic rings. The molecule has 0 aliphatic carbocycles. The molecule has 0 fully saturated rings. The molecule has 6 heteroatoms. The van der Waals surface area contributed by atoms with Crippen LogP contribution >= 0.6 is 11.8 Å². The van der Waals surface area contributed by atoms with Crippen molar-refractivity contribution in [2.75, 3.05) is 6.61 Å². The topological polar surface area (TPSA) is 65.2 Å².